The smallest absolute Gasteiger partial charge is 0.183 e. The zero-order chi connectivity index (χ0) is 5.98. The van der Waals surface area contributed by atoms with Crippen LogP contribution in [0.25, 0.3) is 0 Å². The molecule has 0 N–H and O–H groups in total. The molecule has 3 nitrogen and oxygen atoms in total. The lowest BCUT2D eigenvalue weighted by Gasteiger charge is -2.05. The Bertz CT molecular complexity index is 139. The van der Waals surface area contributed by atoms with Gasteiger partial charge in [0.25, 0.3) is 0 Å². The number of carbonyl (C=O) groups is 1. The second-order valence-corrected chi connectivity index (χ2v) is 1.68. The monoisotopic (exact) mass is 113 g/mol. The third-order valence-corrected chi connectivity index (χ3v) is 1.03. The quantitative estimate of drug-likeness (QED) is 0.454. The molecule has 0 radical (unpaired) electrons. The summed E-state index contributed by atoms with van der Waals surface area (Å²) in [6, 6.07) is 0. The molecule has 0 spiro atoms. The normalized spacial score (nSPS) is 19.6. The van der Waals surface area contributed by atoms with E-state index in [1.54, 1.807) is 6.92 Å². The van der Waals surface area contributed by atoms with Crippen molar-refractivity contribution < 1.29 is 9.63 Å². The number of nitrogens with zero attached hydrogens (tertiary/aromatic N) is 1. The highest BCUT2D eigenvalue weighted by molar-refractivity contribution is 6.39. The van der Waals surface area contributed by atoms with Crippen molar-refractivity contribution >= 4 is 11.5 Å². The van der Waals surface area contributed by atoms with Crippen LogP contribution >= 0.6 is 0 Å². The average molecular weight is 113 g/mol. The summed E-state index contributed by atoms with van der Waals surface area (Å²) in [6.07, 6.45) is 0.481. The molecular weight excluding hydrogens is 106 g/mol. The summed E-state index contributed by atoms with van der Waals surface area (Å²) in [4.78, 5) is 15.2. The van der Waals surface area contributed by atoms with E-state index in [0.29, 0.717) is 18.7 Å². The first-order valence-corrected chi connectivity index (χ1v) is 2.50. The van der Waals surface area contributed by atoms with E-state index in [9.17, 15) is 4.79 Å². The second kappa shape index (κ2) is 1.94. The van der Waals surface area contributed by atoms with Gasteiger partial charge in [0.15, 0.2) is 5.78 Å². The van der Waals surface area contributed by atoms with Gasteiger partial charge in [-0.05, 0) is 6.92 Å². The number of ketones is 1. The number of Topliss-reactive ketones (excluding diaryl/α,β-unsaturated/α-hetero) is 1. The fourth-order valence-electron chi connectivity index (χ4n) is 0.513. The first-order chi connectivity index (χ1) is 3.80. The lowest BCUT2D eigenvalue weighted by Crippen LogP contribution is -2.17. The van der Waals surface area contributed by atoms with Crippen molar-refractivity contribution in [1.82, 2.24) is 0 Å². The third kappa shape index (κ3) is 0.857. The molecule has 0 aromatic heterocycles. The van der Waals surface area contributed by atoms with E-state index in [1.165, 1.54) is 0 Å². The van der Waals surface area contributed by atoms with Crippen molar-refractivity contribution in [2.45, 2.75) is 13.3 Å². The second-order valence-electron chi connectivity index (χ2n) is 1.68. The van der Waals surface area contributed by atoms with Gasteiger partial charge in [-0.25, -0.2) is 0 Å². The Morgan fingerprint density at radius 3 is 2.88 bits per heavy atom. The van der Waals surface area contributed by atoms with E-state index in [-0.39, 0.29) is 5.78 Å². The lowest BCUT2D eigenvalue weighted by atomic mass is 10.2. The van der Waals surface area contributed by atoms with E-state index >= 15 is 0 Å². The topological polar surface area (TPSA) is 38.7 Å². The van der Waals surface area contributed by atoms with Crippen LogP contribution in [0.4, 0.5) is 0 Å². The summed E-state index contributed by atoms with van der Waals surface area (Å²) >= 11 is 0. The first kappa shape index (κ1) is 5.28. The number of oxime groups is 1. The van der Waals surface area contributed by atoms with E-state index in [0.717, 1.165) is 0 Å². The number of hydrogen-bond donors (Lipinski definition) is 0. The highest BCUT2D eigenvalue weighted by Gasteiger charge is 2.10. The van der Waals surface area contributed by atoms with Crippen molar-refractivity contribution in [2.24, 2.45) is 5.16 Å². The maximum absolute atomic E-state index is 10.6. The molecule has 1 rings (SSSR count). The molecule has 0 bridgehead atoms. The van der Waals surface area contributed by atoms with Crippen LogP contribution in [0, 0.1) is 0 Å². The molecule has 1 heterocycles. The molecule has 0 aromatic carbocycles. The first-order valence-electron chi connectivity index (χ1n) is 2.50. The van der Waals surface area contributed by atoms with Crippen molar-refractivity contribution in [2.75, 3.05) is 6.61 Å². The number of rotatable bonds is 0. The molecule has 0 aliphatic carbocycles. The van der Waals surface area contributed by atoms with Crippen LogP contribution in [-0.2, 0) is 9.63 Å². The van der Waals surface area contributed by atoms with Gasteiger partial charge in [0.05, 0.1) is 0 Å². The van der Waals surface area contributed by atoms with E-state index in [1.807, 2.05) is 0 Å². The number of hydrogen-bond acceptors (Lipinski definition) is 3. The summed E-state index contributed by atoms with van der Waals surface area (Å²) in [5, 5.41) is 3.48. The van der Waals surface area contributed by atoms with Crippen LogP contribution in [0.1, 0.15) is 13.3 Å². The molecule has 1 aliphatic rings. The standard InChI is InChI=1S/C5H7NO2/c1-4-5(7)2-3-8-6-4/h2-3H2,1H3. The van der Waals surface area contributed by atoms with Gasteiger partial charge in [-0.1, -0.05) is 5.16 Å². The summed E-state index contributed by atoms with van der Waals surface area (Å²) in [7, 11) is 0. The van der Waals surface area contributed by atoms with E-state index in [2.05, 4.69) is 9.99 Å². The van der Waals surface area contributed by atoms with Crippen LogP contribution in [0.3, 0.4) is 0 Å². The lowest BCUT2D eigenvalue weighted by molar-refractivity contribution is -0.115. The molecule has 0 saturated carbocycles. The van der Waals surface area contributed by atoms with Crippen LogP contribution in [0.5, 0.6) is 0 Å². The Morgan fingerprint density at radius 2 is 2.50 bits per heavy atom. The Balaban J connectivity index is 2.67. The highest BCUT2D eigenvalue weighted by Crippen LogP contribution is 1.96. The van der Waals surface area contributed by atoms with Crippen molar-refractivity contribution in [1.29, 1.82) is 0 Å². The van der Waals surface area contributed by atoms with Gasteiger partial charge in [0, 0.05) is 6.42 Å². The van der Waals surface area contributed by atoms with Gasteiger partial charge < -0.3 is 4.84 Å². The SMILES string of the molecule is CC1=NOCCC1=O. The van der Waals surface area contributed by atoms with Gasteiger partial charge in [0.1, 0.15) is 12.3 Å². The molecule has 0 aromatic rings. The van der Waals surface area contributed by atoms with Gasteiger partial charge in [-0.2, -0.15) is 0 Å². The minimum absolute atomic E-state index is 0.0938. The highest BCUT2D eigenvalue weighted by atomic mass is 16.6. The Hall–Kier alpha value is -0.860. The molecule has 0 saturated heterocycles. The summed E-state index contributed by atoms with van der Waals surface area (Å²) in [5.41, 5.74) is 0.483. The number of carbonyl (C=O) groups excluding carboxylic acids is 1. The Kier molecular flexibility index (Phi) is 1.28. The van der Waals surface area contributed by atoms with Crippen LogP contribution in [0.15, 0.2) is 5.16 Å². The summed E-state index contributed by atoms with van der Waals surface area (Å²) in [6.45, 7) is 2.09. The maximum atomic E-state index is 10.6. The molecular formula is C5H7NO2. The minimum Gasteiger partial charge on any atom is -0.395 e. The van der Waals surface area contributed by atoms with Crippen LogP contribution in [-0.4, -0.2) is 18.1 Å². The molecule has 0 fully saturated rings. The fourth-order valence-corrected chi connectivity index (χ4v) is 0.513. The van der Waals surface area contributed by atoms with Crippen molar-refractivity contribution in [3.63, 3.8) is 0 Å². The average Bonchev–Trinajstić information content (AvgIpc) is 1.77. The van der Waals surface area contributed by atoms with Gasteiger partial charge in [-0.3, -0.25) is 4.79 Å². The van der Waals surface area contributed by atoms with Gasteiger partial charge in [0.2, 0.25) is 0 Å². The van der Waals surface area contributed by atoms with Crippen LogP contribution in [0.2, 0.25) is 0 Å². The van der Waals surface area contributed by atoms with E-state index < -0.39 is 0 Å². The predicted octanol–water partition coefficient (Wildman–Crippen LogP) is 0.352. The molecule has 8 heavy (non-hydrogen) atoms. The summed E-state index contributed by atoms with van der Waals surface area (Å²) < 4.78 is 0. The van der Waals surface area contributed by atoms with Crippen molar-refractivity contribution in [3.8, 4) is 0 Å². The maximum Gasteiger partial charge on any atom is 0.183 e. The predicted molar refractivity (Wildman–Crippen MR) is 28.7 cm³/mol. The zero-order valence-corrected chi connectivity index (χ0v) is 4.68. The minimum atomic E-state index is 0.0938. The Morgan fingerprint density at radius 1 is 1.75 bits per heavy atom. The van der Waals surface area contributed by atoms with Crippen molar-refractivity contribution in [3.05, 3.63) is 0 Å². The van der Waals surface area contributed by atoms with Crippen LogP contribution < -0.4 is 0 Å². The largest absolute Gasteiger partial charge is 0.395 e. The van der Waals surface area contributed by atoms with Gasteiger partial charge >= 0.3 is 0 Å². The van der Waals surface area contributed by atoms with Gasteiger partial charge in [-0.15, -0.1) is 0 Å². The molecule has 44 valence electrons. The fraction of sp³-hybridized carbons (Fsp3) is 0.600. The molecule has 1 aliphatic heterocycles. The third-order valence-electron chi connectivity index (χ3n) is 1.03. The molecule has 3 heteroatoms. The molecule has 0 unspecified atom stereocenters. The molecule has 0 amide bonds. The Labute approximate surface area is 47.3 Å². The zero-order valence-electron chi connectivity index (χ0n) is 4.68. The molecule has 0 atom stereocenters. The van der Waals surface area contributed by atoms with E-state index in [4.69, 9.17) is 0 Å². The summed E-state index contributed by atoms with van der Waals surface area (Å²) in [5.74, 6) is 0.0938.